The van der Waals surface area contributed by atoms with Crippen molar-refractivity contribution >= 4 is 36.0 Å². The number of carbonyl (C=O) groups excluding carboxylic acids is 1. The molecule has 1 amide bonds. The van der Waals surface area contributed by atoms with E-state index < -0.39 is 17.2 Å². The normalized spacial score (nSPS) is 12.1. The van der Waals surface area contributed by atoms with E-state index in [9.17, 15) is 4.79 Å². The number of guanidine groups is 1. The number of alkyl carbamates (subject to hydrolysis) is 1. The van der Waals surface area contributed by atoms with Gasteiger partial charge in [-0.3, -0.25) is 4.99 Å². The molecular weight excluding hydrogens is 519 g/mol. The highest BCUT2D eigenvalue weighted by atomic mass is 127. The highest BCUT2D eigenvalue weighted by Gasteiger charge is 2.24. The number of aromatic nitrogens is 2. The Morgan fingerprint density at radius 2 is 1.78 bits per heavy atom. The van der Waals surface area contributed by atoms with Gasteiger partial charge >= 0.3 is 6.09 Å². The van der Waals surface area contributed by atoms with Gasteiger partial charge in [-0.25, -0.2) is 9.48 Å². The molecule has 2 aromatic rings. The number of carbonyl (C=O) groups is 1. The molecule has 0 aliphatic carbocycles. The minimum atomic E-state index is -0.538. The third kappa shape index (κ3) is 8.68. The number of hydrogen-bond donors (Lipinski definition) is 3. The third-order valence-electron chi connectivity index (χ3n) is 4.44. The van der Waals surface area contributed by atoms with Gasteiger partial charge in [-0.2, -0.15) is 5.10 Å². The number of benzene rings is 1. The van der Waals surface area contributed by atoms with Crippen molar-refractivity contribution < 1.29 is 9.53 Å². The number of nitrogens with zero attached hydrogens (tertiary/aromatic N) is 3. The summed E-state index contributed by atoms with van der Waals surface area (Å²) in [6.07, 6.45) is -0.443. The molecule has 0 aliphatic rings. The standard InChI is InChI=1S/C23H36N6O2.HI/c1-16-13-17(2)29(28-16)19-12-10-9-11-18(19)14-25-20(24-8)26-15-23(6,7)27-21(30)31-22(3,4)5;/h9-13H,14-15H2,1-8H3,(H,27,30)(H2,24,25,26);1H. The van der Waals surface area contributed by atoms with Crippen LogP contribution < -0.4 is 16.0 Å². The van der Waals surface area contributed by atoms with E-state index in [2.05, 4.69) is 44.2 Å². The molecule has 1 heterocycles. The number of hydrogen-bond acceptors (Lipinski definition) is 4. The zero-order valence-electron chi connectivity index (χ0n) is 20.4. The number of aryl methyl sites for hydroxylation is 2. The van der Waals surface area contributed by atoms with Gasteiger partial charge < -0.3 is 20.7 Å². The topological polar surface area (TPSA) is 92.6 Å². The van der Waals surface area contributed by atoms with Gasteiger partial charge in [-0.05, 0) is 66.2 Å². The lowest BCUT2D eigenvalue weighted by atomic mass is 10.1. The van der Waals surface area contributed by atoms with Crippen molar-refractivity contribution in [3.8, 4) is 5.69 Å². The number of aliphatic imine (C=N–C) groups is 1. The molecule has 3 N–H and O–H groups in total. The summed E-state index contributed by atoms with van der Waals surface area (Å²) < 4.78 is 7.30. The Balaban J connectivity index is 0.00000512. The summed E-state index contributed by atoms with van der Waals surface area (Å²) in [5.74, 6) is 0.641. The molecule has 0 saturated carbocycles. The van der Waals surface area contributed by atoms with Gasteiger partial charge in [0.25, 0.3) is 0 Å². The van der Waals surface area contributed by atoms with Crippen LogP contribution in [-0.4, -0.2) is 46.6 Å². The lowest BCUT2D eigenvalue weighted by Gasteiger charge is -2.29. The van der Waals surface area contributed by atoms with Crippen LogP contribution in [0.4, 0.5) is 4.79 Å². The highest BCUT2D eigenvalue weighted by molar-refractivity contribution is 14.0. The fourth-order valence-corrected chi connectivity index (χ4v) is 3.07. The van der Waals surface area contributed by atoms with Gasteiger partial charge in [0.15, 0.2) is 5.96 Å². The van der Waals surface area contributed by atoms with Crippen molar-refractivity contribution in [1.29, 1.82) is 0 Å². The van der Waals surface area contributed by atoms with Crippen LogP contribution in [-0.2, 0) is 11.3 Å². The van der Waals surface area contributed by atoms with Crippen LogP contribution in [0.5, 0.6) is 0 Å². The summed E-state index contributed by atoms with van der Waals surface area (Å²) in [7, 11) is 1.72. The molecule has 0 bridgehead atoms. The quantitative estimate of drug-likeness (QED) is 0.284. The number of para-hydroxylation sites is 1. The van der Waals surface area contributed by atoms with E-state index in [0.717, 1.165) is 22.6 Å². The average molecular weight is 556 g/mol. The lowest BCUT2D eigenvalue weighted by molar-refractivity contribution is 0.0474. The lowest BCUT2D eigenvalue weighted by Crippen LogP contribution is -2.54. The van der Waals surface area contributed by atoms with Crippen LogP contribution in [0.1, 0.15) is 51.6 Å². The second-order valence-electron chi connectivity index (χ2n) is 9.26. The Hall–Kier alpha value is -2.30. The van der Waals surface area contributed by atoms with Gasteiger partial charge in [0.2, 0.25) is 0 Å². The maximum absolute atomic E-state index is 12.1. The molecule has 1 aromatic heterocycles. The molecule has 1 aromatic carbocycles. The number of rotatable bonds is 6. The van der Waals surface area contributed by atoms with Gasteiger partial charge in [0.05, 0.1) is 16.9 Å². The van der Waals surface area contributed by atoms with Crippen LogP contribution in [0.25, 0.3) is 5.69 Å². The number of ether oxygens (including phenoxy) is 1. The molecule has 0 radical (unpaired) electrons. The molecule has 0 unspecified atom stereocenters. The van der Waals surface area contributed by atoms with Crippen molar-refractivity contribution in [2.45, 2.75) is 66.2 Å². The van der Waals surface area contributed by atoms with Crippen molar-refractivity contribution in [2.24, 2.45) is 4.99 Å². The number of nitrogens with one attached hydrogen (secondary N) is 3. The van der Waals surface area contributed by atoms with E-state index in [1.54, 1.807) is 7.05 Å². The van der Waals surface area contributed by atoms with Crippen LogP contribution in [0.3, 0.4) is 0 Å². The summed E-state index contributed by atoms with van der Waals surface area (Å²) in [4.78, 5) is 16.4. The van der Waals surface area contributed by atoms with Gasteiger partial charge in [-0.1, -0.05) is 18.2 Å². The SMILES string of the molecule is CN=C(NCc1ccccc1-n1nc(C)cc1C)NCC(C)(C)NC(=O)OC(C)(C)C.I. The number of halogens is 1. The zero-order valence-corrected chi connectivity index (χ0v) is 22.7. The molecule has 0 fully saturated rings. The third-order valence-corrected chi connectivity index (χ3v) is 4.44. The first-order valence-corrected chi connectivity index (χ1v) is 10.5. The van der Waals surface area contributed by atoms with Crippen molar-refractivity contribution in [1.82, 2.24) is 25.7 Å². The molecule has 2 rings (SSSR count). The predicted molar refractivity (Wildman–Crippen MR) is 140 cm³/mol. The maximum atomic E-state index is 12.1. The molecular formula is C23H37IN6O2. The smallest absolute Gasteiger partial charge is 0.408 e. The average Bonchev–Trinajstić information content (AvgIpc) is 2.98. The van der Waals surface area contributed by atoms with Crippen LogP contribution in [0.15, 0.2) is 35.3 Å². The molecule has 0 saturated heterocycles. The number of amides is 1. The molecule has 32 heavy (non-hydrogen) atoms. The molecule has 178 valence electrons. The molecule has 0 spiro atoms. The summed E-state index contributed by atoms with van der Waals surface area (Å²) in [5.41, 5.74) is 3.14. The van der Waals surface area contributed by atoms with Crippen LogP contribution in [0, 0.1) is 13.8 Å². The molecule has 8 nitrogen and oxygen atoms in total. The molecule has 0 aliphatic heterocycles. The van der Waals surface area contributed by atoms with E-state index in [1.807, 2.05) is 65.3 Å². The Kier molecular flexibility index (Phi) is 9.99. The minimum absolute atomic E-state index is 0. The Bertz CT molecular complexity index is 931. The van der Waals surface area contributed by atoms with Crippen molar-refractivity contribution in [3.05, 3.63) is 47.3 Å². The maximum Gasteiger partial charge on any atom is 0.408 e. The van der Waals surface area contributed by atoms with Gasteiger partial charge in [0, 0.05) is 25.8 Å². The minimum Gasteiger partial charge on any atom is -0.444 e. The van der Waals surface area contributed by atoms with Gasteiger partial charge in [0.1, 0.15) is 5.60 Å². The van der Waals surface area contributed by atoms with Crippen LogP contribution in [0.2, 0.25) is 0 Å². The van der Waals surface area contributed by atoms with E-state index >= 15 is 0 Å². The van der Waals surface area contributed by atoms with E-state index in [4.69, 9.17) is 4.74 Å². The van der Waals surface area contributed by atoms with Crippen molar-refractivity contribution in [2.75, 3.05) is 13.6 Å². The predicted octanol–water partition coefficient (Wildman–Crippen LogP) is 4.08. The van der Waals surface area contributed by atoms with E-state index in [-0.39, 0.29) is 24.0 Å². The zero-order chi connectivity index (χ0) is 23.2. The Labute approximate surface area is 208 Å². The first kappa shape index (κ1) is 27.7. The van der Waals surface area contributed by atoms with E-state index in [0.29, 0.717) is 19.0 Å². The Morgan fingerprint density at radius 3 is 2.34 bits per heavy atom. The summed E-state index contributed by atoms with van der Waals surface area (Å²) >= 11 is 0. The van der Waals surface area contributed by atoms with Crippen molar-refractivity contribution in [3.63, 3.8) is 0 Å². The highest BCUT2D eigenvalue weighted by Crippen LogP contribution is 2.17. The monoisotopic (exact) mass is 556 g/mol. The second kappa shape index (κ2) is 11.5. The fourth-order valence-electron chi connectivity index (χ4n) is 3.07. The fraction of sp³-hybridized carbons (Fsp3) is 0.522. The Morgan fingerprint density at radius 1 is 1.12 bits per heavy atom. The summed E-state index contributed by atoms with van der Waals surface area (Å²) in [6.45, 7) is 14.5. The van der Waals surface area contributed by atoms with E-state index in [1.165, 1.54) is 0 Å². The molecule has 9 heteroatoms. The van der Waals surface area contributed by atoms with Crippen LogP contribution >= 0.6 is 24.0 Å². The summed E-state index contributed by atoms with van der Waals surface area (Å²) in [6, 6.07) is 10.2. The molecule has 0 atom stereocenters. The van der Waals surface area contributed by atoms with Gasteiger partial charge in [-0.15, -0.1) is 24.0 Å². The summed E-state index contributed by atoms with van der Waals surface area (Å²) in [5, 5.41) is 14.1. The second-order valence-corrected chi connectivity index (χ2v) is 9.26. The first-order chi connectivity index (χ1) is 14.4. The largest absolute Gasteiger partial charge is 0.444 e. The first-order valence-electron chi connectivity index (χ1n) is 10.5.